The van der Waals surface area contributed by atoms with E-state index < -0.39 is 0 Å². The Balaban J connectivity index is 1.62. The number of Topliss-reactive ketones (excluding diaryl/α,β-unsaturated/α-hetero) is 1. The maximum atomic E-state index is 13.3. The molecule has 1 heterocycles. The highest BCUT2D eigenvalue weighted by molar-refractivity contribution is 5.93. The van der Waals surface area contributed by atoms with Gasteiger partial charge in [0.05, 0.1) is 5.92 Å². The summed E-state index contributed by atoms with van der Waals surface area (Å²) >= 11 is 0. The van der Waals surface area contributed by atoms with Crippen LogP contribution in [0.4, 0.5) is 0 Å². The largest absolute Gasteiger partial charge is 0.351 e. The maximum Gasteiger partial charge on any atom is 0.224 e. The third-order valence-electron chi connectivity index (χ3n) is 9.13. The van der Waals surface area contributed by atoms with Gasteiger partial charge in [0, 0.05) is 37.4 Å². The Bertz CT molecular complexity index is 741. The molecule has 4 rings (SSSR count). The van der Waals surface area contributed by atoms with Crippen molar-refractivity contribution in [3.05, 3.63) is 0 Å². The standard InChI is InChI=1S/C24H38N2O3/c1-22(2,3)25-21(29)16-13-17(27)20-14-7-8-18-23(4,12-10-19(28)26(18)6)15(14)9-11-24(16,20)5/h14-16,18,20H,7-13H2,1-6H3,(H,25,29)/t14-,15+,16-,18-,20-,23-,24-/m1/s1. The maximum absolute atomic E-state index is 13.3. The number of fused-ring (bicyclic) bond motifs is 5. The predicted molar refractivity (Wildman–Crippen MR) is 112 cm³/mol. The van der Waals surface area contributed by atoms with Crippen molar-refractivity contribution < 1.29 is 14.4 Å². The molecule has 4 aliphatic rings. The van der Waals surface area contributed by atoms with E-state index >= 15 is 0 Å². The fourth-order valence-corrected chi connectivity index (χ4v) is 7.79. The highest BCUT2D eigenvalue weighted by atomic mass is 16.2. The smallest absolute Gasteiger partial charge is 0.224 e. The third kappa shape index (κ3) is 3.06. The first-order valence-corrected chi connectivity index (χ1v) is 11.5. The lowest BCUT2D eigenvalue weighted by Gasteiger charge is -2.61. The zero-order valence-corrected chi connectivity index (χ0v) is 19.0. The van der Waals surface area contributed by atoms with E-state index in [9.17, 15) is 14.4 Å². The second kappa shape index (κ2) is 6.55. The average molecular weight is 403 g/mol. The zero-order chi connectivity index (χ0) is 21.4. The number of likely N-dealkylation sites (tertiary alicyclic amines) is 1. The Morgan fingerprint density at radius 2 is 1.76 bits per heavy atom. The van der Waals surface area contributed by atoms with E-state index in [0.717, 1.165) is 32.1 Å². The van der Waals surface area contributed by atoms with Gasteiger partial charge in [-0.15, -0.1) is 0 Å². The van der Waals surface area contributed by atoms with Crippen molar-refractivity contribution in [1.82, 2.24) is 10.2 Å². The molecule has 162 valence electrons. The zero-order valence-electron chi connectivity index (χ0n) is 19.0. The Morgan fingerprint density at radius 1 is 1.07 bits per heavy atom. The number of rotatable bonds is 1. The van der Waals surface area contributed by atoms with Gasteiger partial charge in [-0.2, -0.15) is 0 Å². The predicted octanol–water partition coefficient (Wildman–Crippen LogP) is 3.56. The van der Waals surface area contributed by atoms with Crippen LogP contribution in [0.5, 0.6) is 0 Å². The average Bonchev–Trinajstić information content (AvgIpc) is 2.88. The van der Waals surface area contributed by atoms with Crippen LogP contribution in [0.25, 0.3) is 0 Å². The summed E-state index contributed by atoms with van der Waals surface area (Å²) < 4.78 is 0. The van der Waals surface area contributed by atoms with Crippen LogP contribution in [0.1, 0.15) is 79.6 Å². The molecule has 5 nitrogen and oxygen atoms in total. The second-order valence-electron chi connectivity index (χ2n) is 11.9. The topological polar surface area (TPSA) is 66.5 Å². The van der Waals surface area contributed by atoms with E-state index in [1.165, 1.54) is 0 Å². The van der Waals surface area contributed by atoms with Gasteiger partial charge in [0.1, 0.15) is 5.78 Å². The molecule has 1 aliphatic heterocycles. The van der Waals surface area contributed by atoms with E-state index in [2.05, 4.69) is 19.2 Å². The van der Waals surface area contributed by atoms with Gasteiger partial charge in [0.2, 0.25) is 11.8 Å². The van der Waals surface area contributed by atoms with E-state index in [0.29, 0.717) is 36.5 Å². The lowest BCUT2D eigenvalue weighted by atomic mass is 9.46. The molecule has 5 heteroatoms. The van der Waals surface area contributed by atoms with Crippen molar-refractivity contribution >= 4 is 17.6 Å². The van der Waals surface area contributed by atoms with E-state index in [1.807, 2.05) is 32.7 Å². The Hall–Kier alpha value is -1.39. The Kier molecular flexibility index (Phi) is 4.71. The normalized spacial score (nSPS) is 44.8. The molecule has 0 unspecified atom stereocenters. The van der Waals surface area contributed by atoms with Gasteiger partial charge in [-0.3, -0.25) is 14.4 Å². The Morgan fingerprint density at radius 3 is 2.41 bits per heavy atom. The van der Waals surface area contributed by atoms with Crippen LogP contribution < -0.4 is 5.32 Å². The summed E-state index contributed by atoms with van der Waals surface area (Å²) in [5, 5.41) is 3.14. The van der Waals surface area contributed by atoms with Crippen LogP contribution >= 0.6 is 0 Å². The number of carbonyl (C=O) groups excluding carboxylic acids is 3. The third-order valence-corrected chi connectivity index (χ3v) is 9.13. The molecule has 4 fully saturated rings. The summed E-state index contributed by atoms with van der Waals surface area (Å²) in [5.74, 6) is 1.25. The van der Waals surface area contributed by atoms with Crippen LogP contribution in [0.3, 0.4) is 0 Å². The second-order valence-corrected chi connectivity index (χ2v) is 11.9. The van der Waals surface area contributed by atoms with Crippen molar-refractivity contribution in [2.24, 2.45) is 34.5 Å². The van der Waals surface area contributed by atoms with Crippen molar-refractivity contribution in [2.75, 3.05) is 7.05 Å². The van der Waals surface area contributed by atoms with Crippen molar-refractivity contribution in [3.8, 4) is 0 Å². The highest BCUT2D eigenvalue weighted by Gasteiger charge is 2.64. The van der Waals surface area contributed by atoms with Gasteiger partial charge in [-0.05, 0) is 75.5 Å². The monoisotopic (exact) mass is 402 g/mol. The summed E-state index contributed by atoms with van der Waals surface area (Å²) in [7, 11) is 1.96. The molecule has 0 spiro atoms. The molecule has 0 aromatic heterocycles. The molecule has 0 aromatic rings. The molecule has 0 aromatic carbocycles. The number of hydrogen-bond acceptors (Lipinski definition) is 3. The van der Waals surface area contributed by atoms with E-state index in [-0.39, 0.29) is 40.0 Å². The number of ketones is 1. The van der Waals surface area contributed by atoms with Crippen LogP contribution in [-0.4, -0.2) is 41.1 Å². The van der Waals surface area contributed by atoms with Crippen molar-refractivity contribution in [3.63, 3.8) is 0 Å². The molecule has 0 radical (unpaired) electrons. The summed E-state index contributed by atoms with van der Waals surface area (Å²) in [5.41, 5.74) is -0.414. The molecule has 2 amide bonds. The SMILES string of the molecule is CN1C(=O)CC[C@]2(C)[C@H]3CC[C@]4(C)[C@@H](C(=O)NC(C)(C)C)CC(=O)[C@H]4[C@@H]3CC[C@@H]12. The fourth-order valence-electron chi connectivity index (χ4n) is 7.79. The first-order valence-electron chi connectivity index (χ1n) is 11.5. The number of carbonyl (C=O) groups is 3. The highest BCUT2D eigenvalue weighted by Crippen LogP contribution is 2.65. The van der Waals surface area contributed by atoms with Gasteiger partial charge >= 0.3 is 0 Å². The molecule has 3 saturated carbocycles. The number of nitrogens with one attached hydrogen (secondary N) is 1. The number of amides is 2. The van der Waals surface area contributed by atoms with Crippen molar-refractivity contribution in [2.45, 2.75) is 91.1 Å². The Labute approximate surface area is 175 Å². The number of piperidine rings is 1. The minimum absolute atomic E-state index is 0.00215. The fraction of sp³-hybridized carbons (Fsp3) is 0.875. The van der Waals surface area contributed by atoms with E-state index in [4.69, 9.17) is 0 Å². The lowest BCUT2D eigenvalue weighted by Crippen LogP contribution is -2.62. The van der Waals surface area contributed by atoms with E-state index in [1.54, 1.807) is 0 Å². The summed E-state index contributed by atoms with van der Waals surface area (Å²) in [4.78, 5) is 40.7. The number of nitrogens with zero attached hydrogens (tertiary/aromatic N) is 1. The molecule has 7 atom stereocenters. The van der Waals surface area contributed by atoms with Crippen LogP contribution in [0, 0.1) is 34.5 Å². The molecular formula is C24H38N2O3. The lowest BCUT2D eigenvalue weighted by molar-refractivity contribution is -0.162. The molecule has 1 N–H and O–H groups in total. The van der Waals surface area contributed by atoms with Crippen molar-refractivity contribution in [1.29, 1.82) is 0 Å². The van der Waals surface area contributed by atoms with Crippen LogP contribution in [0.15, 0.2) is 0 Å². The first-order chi connectivity index (χ1) is 13.4. The van der Waals surface area contributed by atoms with Gasteiger partial charge < -0.3 is 10.2 Å². The molecule has 1 saturated heterocycles. The summed E-state index contributed by atoms with van der Waals surface area (Å²) in [6.07, 6.45) is 5.95. The minimum atomic E-state index is -0.281. The number of hydrogen-bond donors (Lipinski definition) is 1. The molecule has 29 heavy (non-hydrogen) atoms. The van der Waals surface area contributed by atoms with Gasteiger partial charge in [-0.25, -0.2) is 0 Å². The van der Waals surface area contributed by atoms with Crippen LogP contribution in [-0.2, 0) is 14.4 Å². The first kappa shape index (κ1) is 20.9. The summed E-state index contributed by atoms with van der Waals surface area (Å²) in [6, 6.07) is 0.297. The molecule has 0 bridgehead atoms. The van der Waals surface area contributed by atoms with Gasteiger partial charge in [0.15, 0.2) is 0 Å². The van der Waals surface area contributed by atoms with Gasteiger partial charge in [-0.1, -0.05) is 13.8 Å². The van der Waals surface area contributed by atoms with Crippen LogP contribution in [0.2, 0.25) is 0 Å². The minimum Gasteiger partial charge on any atom is -0.351 e. The molecular weight excluding hydrogens is 364 g/mol. The molecule has 3 aliphatic carbocycles. The van der Waals surface area contributed by atoms with Gasteiger partial charge in [0.25, 0.3) is 0 Å². The quantitative estimate of drug-likeness (QED) is 0.729. The summed E-state index contributed by atoms with van der Waals surface area (Å²) in [6.45, 7) is 10.6.